The van der Waals surface area contributed by atoms with E-state index in [1.54, 1.807) is 34.5 Å². The Hall–Kier alpha value is -2.91. The molecule has 2 N–H and O–H groups in total. The predicted molar refractivity (Wildman–Crippen MR) is 107 cm³/mol. The van der Waals surface area contributed by atoms with E-state index >= 15 is 0 Å². The van der Waals surface area contributed by atoms with Gasteiger partial charge in [-0.1, -0.05) is 22.0 Å². The highest BCUT2D eigenvalue weighted by molar-refractivity contribution is 9.10. The van der Waals surface area contributed by atoms with Crippen LogP contribution in [-0.4, -0.2) is 25.9 Å². The van der Waals surface area contributed by atoms with Crippen LogP contribution in [0.25, 0.3) is 10.6 Å². The third-order valence-electron chi connectivity index (χ3n) is 3.67. The van der Waals surface area contributed by atoms with E-state index in [0.717, 1.165) is 20.8 Å². The smallest absolute Gasteiger partial charge is 0.276 e. The van der Waals surface area contributed by atoms with Gasteiger partial charge < -0.3 is 10.1 Å². The van der Waals surface area contributed by atoms with Gasteiger partial charge in [-0.25, -0.2) is 4.68 Å². The molecule has 4 rings (SSSR count). The first-order chi connectivity index (χ1) is 13.2. The van der Waals surface area contributed by atoms with Crippen molar-refractivity contribution < 1.29 is 9.53 Å². The van der Waals surface area contributed by atoms with Crippen molar-refractivity contribution in [1.82, 2.24) is 20.0 Å². The van der Waals surface area contributed by atoms with Gasteiger partial charge in [-0.15, -0.1) is 11.3 Å². The number of nitrogens with one attached hydrogen (secondary N) is 2. The number of rotatable bonds is 6. The lowest BCUT2D eigenvalue weighted by Crippen LogP contribution is -2.12. The predicted octanol–water partition coefficient (Wildman–Crippen LogP) is 4.39. The van der Waals surface area contributed by atoms with E-state index in [1.165, 1.54) is 0 Å². The van der Waals surface area contributed by atoms with Crippen LogP contribution in [0.15, 0.2) is 64.7 Å². The molecule has 7 nitrogen and oxygen atoms in total. The van der Waals surface area contributed by atoms with Crippen molar-refractivity contribution in [2.75, 3.05) is 5.32 Å². The van der Waals surface area contributed by atoms with Crippen LogP contribution in [0, 0.1) is 0 Å². The van der Waals surface area contributed by atoms with Gasteiger partial charge in [0.2, 0.25) is 0 Å². The lowest BCUT2D eigenvalue weighted by Gasteiger charge is -2.05. The largest absolute Gasteiger partial charge is 0.471 e. The molecule has 27 heavy (non-hydrogen) atoms. The molecule has 0 aliphatic carbocycles. The van der Waals surface area contributed by atoms with Crippen LogP contribution in [0.1, 0.15) is 10.5 Å². The summed E-state index contributed by atoms with van der Waals surface area (Å²) in [5.74, 6) is 0.430. The SMILES string of the molecule is O=C(Nc1cnn(COc2ccc(Br)cc2)c1)c1cc(-c2cccs2)[nH]n1. The number of halogens is 1. The van der Waals surface area contributed by atoms with E-state index in [2.05, 4.69) is 36.5 Å². The Labute approximate surface area is 167 Å². The van der Waals surface area contributed by atoms with Crippen molar-refractivity contribution in [3.63, 3.8) is 0 Å². The van der Waals surface area contributed by atoms with Gasteiger partial charge in [0.25, 0.3) is 5.91 Å². The van der Waals surface area contributed by atoms with Crippen LogP contribution in [0.5, 0.6) is 5.75 Å². The molecular formula is C18H14BrN5O2S. The van der Waals surface area contributed by atoms with E-state index in [0.29, 0.717) is 11.4 Å². The van der Waals surface area contributed by atoms with E-state index in [9.17, 15) is 4.79 Å². The van der Waals surface area contributed by atoms with Crippen molar-refractivity contribution >= 4 is 38.9 Å². The number of carbonyl (C=O) groups excluding carboxylic acids is 1. The van der Waals surface area contributed by atoms with Gasteiger partial charge in [-0.3, -0.25) is 9.89 Å². The van der Waals surface area contributed by atoms with Crippen LogP contribution in [0.2, 0.25) is 0 Å². The fourth-order valence-electron chi connectivity index (χ4n) is 2.36. The Balaban J connectivity index is 1.36. The average Bonchev–Trinajstić information content (AvgIpc) is 3.42. The third-order valence-corrected chi connectivity index (χ3v) is 5.10. The summed E-state index contributed by atoms with van der Waals surface area (Å²) in [6, 6.07) is 13.2. The quantitative estimate of drug-likeness (QED) is 0.462. The molecule has 1 amide bonds. The minimum absolute atomic E-state index is 0.239. The van der Waals surface area contributed by atoms with Crippen LogP contribution < -0.4 is 10.1 Å². The Morgan fingerprint density at radius 1 is 1.30 bits per heavy atom. The number of aromatic amines is 1. The number of thiophene rings is 1. The lowest BCUT2D eigenvalue weighted by molar-refractivity contribution is 0.102. The van der Waals surface area contributed by atoms with E-state index in [4.69, 9.17) is 4.74 Å². The Kier molecular flexibility index (Phi) is 5.03. The molecule has 9 heteroatoms. The maximum atomic E-state index is 12.4. The van der Waals surface area contributed by atoms with Crippen molar-refractivity contribution in [2.45, 2.75) is 6.73 Å². The first kappa shape index (κ1) is 17.5. The number of aromatic nitrogens is 4. The normalized spacial score (nSPS) is 10.7. The second-order valence-corrected chi connectivity index (χ2v) is 7.46. The number of benzene rings is 1. The zero-order valence-electron chi connectivity index (χ0n) is 13.9. The first-order valence-electron chi connectivity index (χ1n) is 7.99. The molecule has 0 radical (unpaired) electrons. The van der Waals surface area contributed by atoms with Crippen LogP contribution >= 0.6 is 27.3 Å². The summed E-state index contributed by atoms with van der Waals surface area (Å²) in [5.41, 5.74) is 1.70. The zero-order chi connectivity index (χ0) is 18.6. The second kappa shape index (κ2) is 7.77. The van der Waals surface area contributed by atoms with Gasteiger partial charge in [0, 0.05) is 4.47 Å². The van der Waals surface area contributed by atoms with E-state index < -0.39 is 0 Å². The molecule has 0 atom stereocenters. The number of hydrogen-bond acceptors (Lipinski definition) is 5. The molecule has 3 heterocycles. The Bertz CT molecular complexity index is 1040. The number of carbonyl (C=O) groups is 1. The second-order valence-electron chi connectivity index (χ2n) is 5.59. The number of ether oxygens (including phenoxy) is 1. The Morgan fingerprint density at radius 3 is 2.93 bits per heavy atom. The van der Waals surface area contributed by atoms with Crippen LogP contribution in [0.3, 0.4) is 0 Å². The fourth-order valence-corrected chi connectivity index (χ4v) is 3.32. The fraction of sp³-hybridized carbons (Fsp3) is 0.0556. The van der Waals surface area contributed by atoms with Gasteiger partial charge >= 0.3 is 0 Å². The van der Waals surface area contributed by atoms with Gasteiger partial charge in [0.05, 0.1) is 28.7 Å². The van der Waals surface area contributed by atoms with Crippen LogP contribution in [0.4, 0.5) is 5.69 Å². The maximum Gasteiger partial charge on any atom is 0.276 e. The molecule has 0 aliphatic heterocycles. The van der Waals surface area contributed by atoms with Gasteiger partial charge in [0.15, 0.2) is 12.4 Å². The molecule has 4 aromatic rings. The van der Waals surface area contributed by atoms with Crippen LogP contribution in [-0.2, 0) is 6.73 Å². The third kappa shape index (κ3) is 4.26. The standard InChI is InChI=1S/C18H14BrN5O2S/c19-12-3-5-14(6-4-12)26-11-24-10-13(9-20-24)21-18(25)16-8-15(22-23-16)17-2-1-7-27-17/h1-10H,11H2,(H,21,25)(H,22,23). The van der Waals surface area contributed by atoms with Gasteiger partial charge in [-0.2, -0.15) is 10.2 Å². The van der Waals surface area contributed by atoms with Crippen molar-refractivity contribution in [2.24, 2.45) is 0 Å². The molecule has 136 valence electrons. The molecule has 0 fully saturated rings. The van der Waals surface area contributed by atoms with Gasteiger partial charge in [0.1, 0.15) is 5.75 Å². The molecule has 0 saturated carbocycles. The molecule has 0 spiro atoms. The summed E-state index contributed by atoms with van der Waals surface area (Å²) in [6.45, 7) is 0.239. The number of amides is 1. The highest BCUT2D eigenvalue weighted by Crippen LogP contribution is 2.23. The summed E-state index contributed by atoms with van der Waals surface area (Å²) in [5, 5.41) is 15.9. The van der Waals surface area contributed by atoms with Crippen molar-refractivity contribution in [3.05, 3.63) is 70.4 Å². The van der Waals surface area contributed by atoms with E-state index in [-0.39, 0.29) is 12.6 Å². The lowest BCUT2D eigenvalue weighted by atomic mass is 10.3. The minimum Gasteiger partial charge on any atom is -0.471 e. The highest BCUT2D eigenvalue weighted by Gasteiger charge is 2.13. The monoisotopic (exact) mass is 443 g/mol. The molecule has 0 bridgehead atoms. The van der Waals surface area contributed by atoms with Crippen molar-refractivity contribution in [1.29, 1.82) is 0 Å². The molecule has 1 aromatic carbocycles. The molecule has 0 unspecified atom stereocenters. The number of H-pyrrole nitrogens is 1. The number of anilines is 1. The highest BCUT2D eigenvalue weighted by atomic mass is 79.9. The zero-order valence-corrected chi connectivity index (χ0v) is 16.3. The number of hydrogen-bond donors (Lipinski definition) is 2. The van der Waals surface area contributed by atoms with Gasteiger partial charge in [-0.05, 0) is 41.8 Å². The maximum absolute atomic E-state index is 12.4. The Morgan fingerprint density at radius 2 is 2.15 bits per heavy atom. The number of nitrogens with zero attached hydrogens (tertiary/aromatic N) is 3. The summed E-state index contributed by atoms with van der Waals surface area (Å²) >= 11 is 4.96. The molecule has 0 aliphatic rings. The average molecular weight is 444 g/mol. The van der Waals surface area contributed by atoms with Crippen molar-refractivity contribution in [3.8, 4) is 16.3 Å². The summed E-state index contributed by atoms with van der Waals surface area (Å²) in [4.78, 5) is 13.4. The summed E-state index contributed by atoms with van der Waals surface area (Å²) < 4.78 is 8.23. The first-order valence-corrected chi connectivity index (χ1v) is 9.66. The van der Waals surface area contributed by atoms with E-state index in [1.807, 2.05) is 41.8 Å². The summed E-state index contributed by atoms with van der Waals surface area (Å²) in [7, 11) is 0. The molecule has 0 saturated heterocycles. The molecule has 3 aromatic heterocycles. The topological polar surface area (TPSA) is 84.8 Å². The molecular weight excluding hydrogens is 430 g/mol. The minimum atomic E-state index is -0.303. The summed E-state index contributed by atoms with van der Waals surface area (Å²) in [6.07, 6.45) is 3.26.